The highest BCUT2D eigenvalue weighted by Gasteiger charge is 2.12. The first kappa shape index (κ1) is 13.2. The largest absolute Gasteiger partial charge is 0.317 e. The van der Waals surface area contributed by atoms with Gasteiger partial charge in [-0.25, -0.2) is 4.98 Å². The molecule has 3 rings (SSSR count). The Hall–Kier alpha value is -1.84. The lowest BCUT2D eigenvalue weighted by Gasteiger charge is -2.09. The quantitative estimate of drug-likeness (QED) is 0.680. The number of para-hydroxylation sites is 2. The summed E-state index contributed by atoms with van der Waals surface area (Å²) in [5.41, 5.74) is 2.53. The molecule has 5 heteroatoms. The van der Waals surface area contributed by atoms with E-state index in [-0.39, 0.29) is 0 Å². The first-order valence-electron chi connectivity index (χ1n) is 6.04. The Morgan fingerprint density at radius 3 is 2.70 bits per heavy atom. The number of benzene rings is 2. The van der Waals surface area contributed by atoms with Gasteiger partial charge in [0.25, 0.3) is 0 Å². The number of carbonyl (C=O) groups is 1. The van der Waals surface area contributed by atoms with Crippen LogP contribution in [0, 0.1) is 0 Å². The summed E-state index contributed by atoms with van der Waals surface area (Å²) in [5.74, 6) is 0.377. The van der Waals surface area contributed by atoms with Crippen molar-refractivity contribution in [1.82, 2.24) is 9.55 Å². The molecule has 1 heterocycles. The van der Waals surface area contributed by atoms with E-state index >= 15 is 0 Å². The van der Waals surface area contributed by atoms with Crippen molar-refractivity contribution in [3.05, 3.63) is 63.9 Å². The molecule has 2 aromatic carbocycles. The van der Waals surface area contributed by atoms with Crippen molar-refractivity contribution in [2.24, 2.45) is 0 Å². The third kappa shape index (κ3) is 2.19. The normalized spacial score (nSPS) is 10.9. The average molecular weight is 305 g/mol. The molecule has 0 amide bonds. The number of imidazole rings is 1. The van der Waals surface area contributed by atoms with Gasteiger partial charge in [0.15, 0.2) is 12.1 Å². The summed E-state index contributed by atoms with van der Waals surface area (Å²) >= 11 is 12.2. The molecule has 3 nitrogen and oxygen atoms in total. The van der Waals surface area contributed by atoms with E-state index in [4.69, 9.17) is 23.2 Å². The molecular formula is C15H10Cl2N2O. The number of carbonyl (C=O) groups excluding carboxylic acids is 1. The fourth-order valence-electron chi connectivity index (χ4n) is 2.19. The van der Waals surface area contributed by atoms with E-state index in [2.05, 4.69) is 4.98 Å². The van der Waals surface area contributed by atoms with Crippen LogP contribution in [0.25, 0.3) is 11.0 Å². The first-order chi connectivity index (χ1) is 9.70. The van der Waals surface area contributed by atoms with E-state index in [0.29, 0.717) is 22.4 Å². The van der Waals surface area contributed by atoms with Gasteiger partial charge in [-0.15, -0.1) is 0 Å². The summed E-state index contributed by atoms with van der Waals surface area (Å²) in [6.45, 7) is 0.452. The second kappa shape index (κ2) is 5.27. The number of hydrogen-bond donors (Lipinski definition) is 0. The SMILES string of the molecule is O=Cc1nc2ccccc2n1Cc1cccc(Cl)c1Cl. The maximum atomic E-state index is 11.2. The van der Waals surface area contributed by atoms with Gasteiger partial charge in [0, 0.05) is 0 Å². The molecule has 0 fully saturated rings. The van der Waals surface area contributed by atoms with Crippen molar-refractivity contribution in [1.29, 1.82) is 0 Å². The van der Waals surface area contributed by atoms with Crippen LogP contribution in [0.5, 0.6) is 0 Å². The van der Waals surface area contributed by atoms with Gasteiger partial charge in [-0.3, -0.25) is 4.79 Å². The lowest BCUT2D eigenvalue weighted by Crippen LogP contribution is -2.05. The number of rotatable bonds is 3. The Kier molecular flexibility index (Phi) is 3.47. The molecule has 20 heavy (non-hydrogen) atoms. The number of aldehydes is 1. The van der Waals surface area contributed by atoms with Gasteiger partial charge in [-0.1, -0.05) is 47.5 Å². The van der Waals surface area contributed by atoms with Crippen LogP contribution in [0.15, 0.2) is 42.5 Å². The molecule has 0 unspecified atom stereocenters. The van der Waals surface area contributed by atoms with E-state index in [9.17, 15) is 4.79 Å². The lowest BCUT2D eigenvalue weighted by atomic mass is 10.2. The standard InChI is InChI=1S/C15H10Cl2N2O/c16-11-5-3-4-10(15(11)17)8-19-13-7-2-1-6-12(13)18-14(19)9-20/h1-7,9H,8H2. The summed E-state index contributed by atoms with van der Waals surface area (Å²) in [4.78, 5) is 15.5. The van der Waals surface area contributed by atoms with E-state index < -0.39 is 0 Å². The third-order valence-corrected chi connectivity index (χ3v) is 4.01. The molecule has 0 atom stereocenters. The van der Waals surface area contributed by atoms with Gasteiger partial charge >= 0.3 is 0 Å². The molecule has 0 radical (unpaired) electrons. The molecule has 3 aromatic rings. The highest BCUT2D eigenvalue weighted by atomic mass is 35.5. The third-order valence-electron chi connectivity index (χ3n) is 3.15. The molecule has 0 saturated carbocycles. The molecule has 0 N–H and O–H groups in total. The zero-order chi connectivity index (χ0) is 14.1. The summed E-state index contributed by atoms with van der Waals surface area (Å²) in [6.07, 6.45) is 0.748. The maximum Gasteiger partial charge on any atom is 0.185 e. The molecular weight excluding hydrogens is 295 g/mol. The highest BCUT2D eigenvalue weighted by molar-refractivity contribution is 6.42. The lowest BCUT2D eigenvalue weighted by molar-refractivity contribution is 0.111. The molecule has 0 saturated heterocycles. The Bertz CT molecular complexity index is 796. The predicted molar refractivity (Wildman–Crippen MR) is 80.7 cm³/mol. The fourth-order valence-corrected chi connectivity index (χ4v) is 2.57. The number of aromatic nitrogens is 2. The van der Waals surface area contributed by atoms with Crippen LogP contribution in [-0.2, 0) is 6.54 Å². The number of hydrogen-bond acceptors (Lipinski definition) is 2. The van der Waals surface area contributed by atoms with Crippen LogP contribution in [0.3, 0.4) is 0 Å². The Labute approximate surface area is 125 Å². The minimum Gasteiger partial charge on any atom is -0.317 e. The number of halogens is 2. The topological polar surface area (TPSA) is 34.9 Å². The molecule has 0 aliphatic heterocycles. The van der Waals surface area contributed by atoms with Crippen molar-refractivity contribution < 1.29 is 4.79 Å². The van der Waals surface area contributed by atoms with Gasteiger partial charge in [-0.2, -0.15) is 0 Å². The molecule has 0 aliphatic carbocycles. The smallest absolute Gasteiger partial charge is 0.185 e. The summed E-state index contributed by atoms with van der Waals surface area (Å²) in [6, 6.07) is 13.1. The van der Waals surface area contributed by atoms with Crippen molar-refractivity contribution in [2.75, 3.05) is 0 Å². The molecule has 1 aromatic heterocycles. The predicted octanol–water partition coefficient (Wildman–Crippen LogP) is 4.20. The fraction of sp³-hybridized carbons (Fsp3) is 0.0667. The monoisotopic (exact) mass is 304 g/mol. The van der Waals surface area contributed by atoms with Crippen LogP contribution >= 0.6 is 23.2 Å². The van der Waals surface area contributed by atoms with Crippen LogP contribution in [-0.4, -0.2) is 15.8 Å². The zero-order valence-corrected chi connectivity index (χ0v) is 11.9. The van der Waals surface area contributed by atoms with E-state index in [0.717, 1.165) is 22.9 Å². The molecule has 100 valence electrons. The minimum atomic E-state index is 0.377. The number of fused-ring (bicyclic) bond motifs is 1. The average Bonchev–Trinajstić information content (AvgIpc) is 2.82. The van der Waals surface area contributed by atoms with Crippen LogP contribution < -0.4 is 0 Å². The Balaban J connectivity index is 2.14. The van der Waals surface area contributed by atoms with Gasteiger partial charge < -0.3 is 4.57 Å². The second-order valence-corrected chi connectivity index (χ2v) is 5.16. The second-order valence-electron chi connectivity index (χ2n) is 4.38. The van der Waals surface area contributed by atoms with Gasteiger partial charge in [-0.05, 0) is 23.8 Å². The van der Waals surface area contributed by atoms with Crippen LogP contribution in [0.2, 0.25) is 10.0 Å². The Morgan fingerprint density at radius 2 is 1.90 bits per heavy atom. The minimum absolute atomic E-state index is 0.377. The molecule has 0 bridgehead atoms. The maximum absolute atomic E-state index is 11.2. The van der Waals surface area contributed by atoms with E-state index in [1.54, 1.807) is 6.07 Å². The van der Waals surface area contributed by atoms with Crippen LogP contribution in [0.1, 0.15) is 16.2 Å². The first-order valence-corrected chi connectivity index (χ1v) is 6.79. The molecule has 0 aliphatic rings. The van der Waals surface area contributed by atoms with Crippen molar-refractivity contribution in [3.8, 4) is 0 Å². The van der Waals surface area contributed by atoms with Crippen molar-refractivity contribution in [3.63, 3.8) is 0 Å². The summed E-state index contributed by atoms with van der Waals surface area (Å²) in [5, 5.41) is 1.00. The highest BCUT2D eigenvalue weighted by Crippen LogP contribution is 2.27. The molecule has 0 spiro atoms. The van der Waals surface area contributed by atoms with Crippen molar-refractivity contribution in [2.45, 2.75) is 6.54 Å². The van der Waals surface area contributed by atoms with Gasteiger partial charge in [0.2, 0.25) is 0 Å². The van der Waals surface area contributed by atoms with E-state index in [1.807, 2.05) is 41.0 Å². The summed E-state index contributed by atoms with van der Waals surface area (Å²) in [7, 11) is 0. The van der Waals surface area contributed by atoms with Gasteiger partial charge in [0.1, 0.15) is 0 Å². The number of nitrogens with zero attached hydrogens (tertiary/aromatic N) is 2. The van der Waals surface area contributed by atoms with Gasteiger partial charge in [0.05, 0.1) is 27.6 Å². The summed E-state index contributed by atoms with van der Waals surface area (Å²) < 4.78 is 1.83. The van der Waals surface area contributed by atoms with Crippen LogP contribution in [0.4, 0.5) is 0 Å². The van der Waals surface area contributed by atoms with Crippen molar-refractivity contribution >= 4 is 40.5 Å². The Morgan fingerprint density at radius 1 is 1.10 bits per heavy atom. The van der Waals surface area contributed by atoms with E-state index in [1.165, 1.54) is 0 Å². The zero-order valence-electron chi connectivity index (χ0n) is 10.4.